The van der Waals surface area contributed by atoms with Gasteiger partial charge in [0.05, 0.1) is 10.7 Å². The number of alkyl halides is 3. The van der Waals surface area contributed by atoms with Gasteiger partial charge in [-0.2, -0.15) is 13.2 Å². The number of anilines is 2. The number of benzene rings is 2. The van der Waals surface area contributed by atoms with E-state index in [0.717, 1.165) is 10.5 Å². The van der Waals surface area contributed by atoms with Crippen molar-refractivity contribution in [2.24, 2.45) is 0 Å². The monoisotopic (exact) mass is 511 g/mol. The van der Waals surface area contributed by atoms with Gasteiger partial charge in [-0.3, -0.25) is 9.59 Å². The molecule has 0 aliphatic carbocycles. The molecule has 2 aromatic carbocycles. The summed E-state index contributed by atoms with van der Waals surface area (Å²) in [7, 11) is 0. The van der Waals surface area contributed by atoms with Crippen molar-refractivity contribution in [3.63, 3.8) is 0 Å². The van der Waals surface area contributed by atoms with Crippen LogP contribution in [-0.2, 0) is 4.79 Å². The van der Waals surface area contributed by atoms with Crippen LogP contribution < -0.4 is 10.2 Å². The Morgan fingerprint density at radius 2 is 1.68 bits per heavy atom. The largest absolute Gasteiger partial charge is 0.471 e. The molecule has 11 heteroatoms. The van der Waals surface area contributed by atoms with E-state index in [1.54, 1.807) is 53.4 Å². The Hall–Kier alpha value is -3.17. The summed E-state index contributed by atoms with van der Waals surface area (Å²) in [5.41, 5.74) is 1.75. The van der Waals surface area contributed by atoms with Crippen LogP contribution >= 0.6 is 23.2 Å². The molecule has 34 heavy (non-hydrogen) atoms. The Bertz CT molecular complexity index is 1220. The maximum absolute atomic E-state index is 12.6. The first-order valence-corrected chi connectivity index (χ1v) is 10.9. The van der Waals surface area contributed by atoms with Crippen molar-refractivity contribution >= 4 is 46.4 Å². The molecular formula is C23H18Cl2F3N3O3. The fraction of sp³-hybridized carbons (Fsp3) is 0.217. The average molecular weight is 512 g/mol. The molecular weight excluding hydrogens is 494 g/mol. The summed E-state index contributed by atoms with van der Waals surface area (Å²) in [5, 5.41) is 3.56. The number of nitrogens with one attached hydrogen (secondary N) is 1. The zero-order chi connectivity index (χ0) is 24.5. The van der Waals surface area contributed by atoms with Gasteiger partial charge in [-0.1, -0.05) is 35.3 Å². The molecule has 0 bridgehead atoms. The van der Waals surface area contributed by atoms with Gasteiger partial charge in [-0.15, -0.1) is 0 Å². The summed E-state index contributed by atoms with van der Waals surface area (Å²) in [6.07, 6.45) is -4.89. The SMILES string of the molecule is O=C(Nc1ccc(N2CCN(C(=O)C(F)(F)F)CC2)c(Cl)c1)c1ccc(-c2cccc(Cl)c2)o1. The minimum atomic E-state index is -4.89. The van der Waals surface area contributed by atoms with Gasteiger partial charge >= 0.3 is 12.1 Å². The first-order valence-electron chi connectivity index (χ1n) is 10.2. The summed E-state index contributed by atoms with van der Waals surface area (Å²) in [5.74, 6) is -1.73. The Labute approximate surface area is 202 Å². The lowest BCUT2D eigenvalue weighted by Crippen LogP contribution is -2.52. The summed E-state index contributed by atoms with van der Waals surface area (Å²) in [4.78, 5) is 26.6. The molecule has 2 amide bonds. The third kappa shape index (κ3) is 5.31. The van der Waals surface area contributed by atoms with Crippen LogP contribution in [0.3, 0.4) is 0 Å². The highest BCUT2D eigenvalue weighted by molar-refractivity contribution is 6.33. The molecule has 1 saturated heterocycles. The molecule has 0 unspecified atom stereocenters. The standard InChI is InChI=1S/C23H18Cl2F3N3O3/c24-15-3-1-2-14(12-15)19-6-7-20(34-19)21(32)29-16-4-5-18(17(25)13-16)30-8-10-31(11-9-30)22(33)23(26,27)28/h1-7,12-13H,8-11H2,(H,29,32). The number of halogens is 5. The molecule has 178 valence electrons. The Morgan fingerprint density at radius 1 is 0.941 bits per heavy atom. The third-order valence-corrected chi connectivity index (χ3v) is 5.83. The second kappa shape index (κ2) is 9.60. The topological polar surface area (TPSA) is 65.8 Å². The van der Waals surface area contributed by atoms with E-state index in [1.807, 2.05) is 6.07 Å². The van der Waals surface area contributed by atoms with Crippen molar-refractivity contribution in [2.45, 2.75) is 6.18 Å². The van der Waals surface area contributed by atoms with Crippen molar-refractivity contribution in [2.75, 3.05) is 36.4 Å². The molecule has 1 fully saturated rings. The van der Waals surface area contributed by atoms with Crippen molar-refractivity contribution < 1.29 is 27.2 Å². The molecule has 1 aromatic heterocycles. The van der Waals surface area contributed by atoms with Gasteiger partial charge in [-0.05, 0) is 42.5 Å². The van der Waals surface area contributed by atoms with E-state index in [4.69, 9.17) is 27.6 Å². The third-order valence-electron chi connectivity index (χ3n) is 5.29. The number of hydrogen-bond acceptors (Lipinski definition) is 4. The lowest BCUT2D eigenvalue weighted by molar-refractivity contribution is -0.185. The molecule has 1 aliphatic rings. The van der Waals surface area contributed by atoms with Gasteiger partial charge in [0, 0.05) is 42.5 Å². The fourth-order valence-corrected chi connectivity index (χ4v) is 4.11. The van der Waals surface area contributed by atoms with Gasteiger partial charge in [0.25, 0.3) is 5.91 Å². The zero-order valence-electron chi connectivity index (χ0n) is 17.5. The summed E-state index contributed by atoms with van der Waals surface area (Å²) in [6.45, 7) is 0.263. The number of carbonyl (C=O) groups excluding carboxylic acids is 2. The summed E-state index contributed by atoms with van der Waals surface area (Å²) < 4.78 is 43.5. The summed E-state index contributed by atoms with van der Waals surface area (Å²) >= 11 is 12.4. The number of amides is 2. The highest BCUT2D eigenvalue weighted by Crippen LogP contribution is 2.31. The van der Waals surface area contributed by atoms with Crippen molar-refractivity contribution in [1.82, 2.24) is 4.90 Å². The van der Waals surface area contributed by atoms with Crippen LogP contribution in [0.4, 0.5) is 24.5 Å². The van der Waals surface area contributed by atoms with Crippen LogP contribution in [0, 0.1) is 0 Å². The van der Waals surface area contributed by atoms with Gasteiger partial charge in [-0.25, -0.2) is 0 Å². The number of piperazine rings is 1. The minimum Gasteiger partial charge on any atom is -0.451 e. The Balaban J connectivity index is 1.39. The predicted octanol–water partition coefficient (Wildman–Crippen LogP) is 5.72. The number of nitrogens with zero attached hydrogens (tertiary/aromatic N) is 2. The van der Waals surface area contributed by atoms with Crippen LogP contribution in [-0.4, -0.2) is 49.1 Å². The van der Waals surface area contributed by atoms with Gasteiger partial charge in [0.15, 0.2) is 5.76 Å². The lowest BCUT2D eigenvalue weighted by Gasteiger charge is -2.36. The number of rotatable bonds is 4. The van der Waals surface area contributed by atoms with Gasteiger partial charge < -0.3 is 19.5 Å². The lowest BCUT2D eigenvalue weighted by atomic mass is 10.2. The van der Waals surface area contributed by atoms with E-state index >= 15 is 0 Å². The quantitative estimate of drug-likeness (QED) is 0.486. The van der Waals surface area contributed by atoms with E-state index in [1.165, 1.54) is 0 Å². The molecule has 0 saturated carbocycles. The van der Waals surface area contributed by atoms with Crippen LogP contribution in [0.2, 0.25) is 10.0 Å². The minimum absolute atomic E-state index is 0.0688. The molecule has 6 nitrogen and oxygen atoms in total. The maximum atomic E-state index is 12.6. The van der Waals surface area contributed by atoms with Crippen LogP contribution in [0.5, 0.6) is 0 Å². The first kappa shape index (κ1) is 24.0. The number of furan rings is 1. The van der Waals surface area contributed by atoms with E-state index in [2.05, 4.69) is 5.32 Å². The van der Waals surface area contributed by atoms with Crippen molar-refractivity contribution in [3.05, 3.63) is 70.4 Å². The smallest absolute Gasteiger partial charge is 0.451 e. The van der Waals surface area contributed by atoms with Crippen LogP contribution in [0.15, 0.2) is 59.0 Å². The molecule has 3 aromatic rings. The molecule has 2 heterocycles. The van der Waals surface area contributed by atoms with Gasteiger partial charge in [0.1, 0.15) is 5.76 Å². The highest BCUT2D eigenvalue weighted by Gasteiger charge is 2.43. The Morgan fingerprint density at radius 3 is 2.32 bits per heavy atom. The molecule has 4 rings (SSSR count). The van der Waals surface area contributed by atoms with E-state index in [9.17, 15) is 22.8 Å². The van der Waals surface area contributed by atoms with E-state index in [0.29, 0.717) is 27.2 Å². The molecule has 1 N–H and O–H groups in total. The maximum Gasteiger partial charge on any atom is 0.471 e. The number of carbonyl (C=O) groups is 2. The normalized spacial score (nSPS) is 14.3. The Kier molecular flexibility index (Phi) is 6.77. The molecule has 0 radical (unpaired) electrons. The summed E-state index contributed by atoms with van der Waals surface area (Å²) in [6, 6.07) is 15.1. The van der Waals surface area contributed by atoms with Crippen molar-refractivity contribution in [3.8, 4) is 11.3 Å². The predicted molar refractivity (Wildman–Crippen MR) is 123 cm³/mol. The first-order chi connectivity index (χ1) is 16.1. The van der Waals surface area contributed by atoms with Gasteiger partial charge in [0.2, 0.25) is 0 Å². The fourth-order valence-electron chi connectivity index (χ4n) is 3.62. The molecule has 0 atom stereocenters. The van der Waals surface area contributed by atoms with Crippen molar-refractivity contribution in [1.29, 1.82) is 0 Å². The second-order valence-corrected chi connectivity index (χ2v) is 8.42. The molecule has 1 aliphatic heterocycles. The average Bonchev–Trinajstić information content (AvgIpc) is 3.29. The zero-order valence-corrected chi connectivity index (χ0v) is 19.0. The van der Waals surface area contributed by atoms with Crippen LogP contribution in [0.1, 0.15) is 10.6 Å². The number of hydrogen-bond donors (Lipinski definition) is 1. The second-order valence-electron chi connectivity index (χ2n) is 7.57. The highest BCUT2D eigenvalue weighted by atomic mass is 35.5. The molecule has 0 spiro atoms. The van der Waals surface area contributed by atoms with Crippen LogP contribution in [0.25, 0.3) is 11.3 Å². The van der Waals surface area contributed by atoms with E-state index in [-0.39, 0.29) is 31.9 Å². The van der Waals surface area contributed by atoms with E-state index < -0.39 is 18.0 Å².